The van der Waals surface area contributed by atoms with Crippen LogP contribution in [0.4, 0.5) is 10.1 Å². The number of aryl methyl sites for hydroxylation is 2. The second-order valence-corrected chi connectivity index (χ2v) is 4.62. The molecule has 112 valence electrons. The van der Waals surface area contributed by atoms with Crippen molar-refractivity contribution >= 4 is 11.6 Å². The number of phenolic OH excluding ortho intramolecular Hbond substituents is 1. The molecule has 1 amide bonds. The first-order valence-corrected chi connectivity index (χ1v) is 6.30. The van der Waals surface area contributed by atoms with Crippen LogP contribution < -0.4 is 10.1 Å². The molecule has 0 aliphatic carbocycles. The molecule has 0 saturated carbocycles. The highest BCUT2D eigenvalue weighted by molar-refractivity contribution is 5.92. The molecule has 2 N–H and O–H groups in total. The van der Waals surface area contributed by atoms with E-state index in [1.54, 1.807) is 18.7 Å². The van der Waals surface area contributed by atoms with Gasteiger partial charge in [0.2, 0.25) is 0 Å². The van der Waals surface area contributed by atoms with E-state index in [1.807, 2.05) is 6.92 Å². The lowest BCUT2D eigenvalue weighted by Gasteiger charge is -2.08. The molecule has 0 atom stereocenters. The molecule has 0 unspecified atom stereocenters. The molecule has 1 aromatic heterocycles. The largest absolute Gasteiger partial charge is 0.508 e. The summed E-state index contributed by atoms with van der Waals surface area (Å²) in [7, 11) is 1.78. The smallest absolute Gasteiger partial charge is 0.262 e. The summed E-state index contributed by atoms with van der Waals surface area (Å²) < 4.78 is 20.6. The van der Waals surface area contributed by atoms with Crippen molar-refractivity contribution in [3.8, 4) is 11.5 Å². The zero-order chi connectivity index (χ0) is 15.6. The second-order valence-electron chi connectivity index (χ2n) is 4.62. The molecule has 2 aromatic rings. The van der Waals surface area contributed by atoms with Gasteiger partial charge < -0.3 is 15.2 Å². The summed E-state index contributed by atoms with van der Waals surface area (Å²) >= 11 is 0. The number of halogens is 1. The molecule has 6 nitrogen and oxygen atoms in total. The maximum absolute atomic E-state index is 13.5. The average Bonchev–Trinajstić information content (AvgIpc) is 2.65. The van der Waals surface area contributed by atoms with Crippen LogP contribution in [0, 0.1) is 19.7 Å². The molecule has 7 heteroatoms. The summed E-state index contributed by atoms with van der Waals surface area (Å²) in [5.41, 5.74) is 1.47. The van der Waals surface area contributed by atoms with E-state index in [0.29, 0.717) is 11.4 Å². The Kier molecular flexibility index (Phi) is 4.11. The van der Waals surface area contributed by atoms with Gasteiger partial charge in [0.1, 0.15) is 17.3 Å². The summed E-state index contributed by atoms with van der Waals surface area (Å²) in [6.07, 6.45) is 0. The minimum atomic E-state index is -0.711. The number of carbonyl (C=O) groups is 1. The van der Waals surface area contributed by atoms with E-state index in [2.05, 4.69) is 10.4 Å². The number of nitrogens with one attached hydrogen (secondary N) is 1. The highest BCUT2D eigenvalue weighted by Gasteiger charge is 2.13. The van der Waals surface area contributed by atoms with Crippen LogP contribution in [0.25, 0.3) is 0 Å². The first kappa shape index (κ1) is 14.8. The first-order valence-electron chi connectivity index (χ1n) is 6.30. The number of rotatable bonds is 4. The third-order valence-corrected chi connectivity index (χ3v) is 3.02. The average molecular weight is 293 g/mol. The lowest BCUT2D eigenvalue weighted by molar-refractivity contribution is -0.118. The van der Waals surface area contributed by atoms with Gasteiger partial charge in [-0.3, -0.25) is 9.48 Å². The van der Waals surface area contributed by atoms with Gasteiger partial charge in [-0.15, -0.1) is 0 Å². The van der Waals surface area contributed by atoms with Gasteiger partial charge in [0.15, 0.2) is 12.4 Å². The van der Waals surface area contributed by atoms with Crippen LogP contribution in [-0.2, 0) is 11.8 Å². The van der Waals surface area contributed by atoms with Crippen LogP contribution in [-0.4, -0.2) is 27.4 Å². The van der Waals surface area contributed by atoms with E-state index >= 15 is 0 Å². The van der Waals surface area contributed by atoms with Crippen molar-refractivity contribution in [3.05, 3.63) is 35.4 Å². The molecular formula is C14H16FN3O3. The van der Waals surface area contributed by atoms with Crippen molar-refractivity contribution < 1.29 is 19.0 Å². The molecular weight excluding hydrogens is 277 g/mol. The second kappa shape index (κ2) is 5.82. The monoisotopic (exact) mass is 293 g/mol. The number of hydrogen-bond donors (Lipinski definition) is 2. The van der Waals surface area contributed by atoms with Crippen LogP contribution in [0.3, 0.4) is 0 Å². The van der Waals surface area contributed by atoms with Gasteiger partial charge >= 0.3 is 0 Å². The van der Waals surface area contributed by atoms with Crippen LogP contribution in [0.5, 0.6) is 11.5 Å². The molecule has 0 aliphatic heterocycles. The number of aromatic hydroxyl groups is 1. The van der Waals surface area contributed by atoms with E-state index in [0.717, 1.165) is 11.8 Å². The Hall–Kier alpha value is -2.57. The highest BCUT2D eigenvalue weighted by Crippen LogP contribution is 2.22. The van der Waals surface area contributed by atoms with Crippen LogP contribution >= 0.6 is 0 Å². The Bertz CT molecular complexity index is 682. The van der Waals surface area contributed by atoms with Crippen LogP contribution in [0.15, 0.2) is 18.2 Å². The number of aromatic nitrogens is 2. The summed E-state index contributed by atoms with van der Waals surface area (Å²) in [6.45, 7) is 3.35. The van der Waals surface area contributed by atoms with Crippen molar-refractivity contribution in [3.63, 3.8) is 0 Å². The molecule has 0 radical (unpaired) electrons. The van der Waals surface area contributed by atoms with E-state index in [9.17, 15) is 9.18 Å². The minimum Gasteiger partial charge on any atom is -0.508 e. The molecule has 0 fully saturated rings. The summed E-state index contributed by atoms with van der Waals surface area (Å²) in [6, 6.07) is 3.49. The SMILES string of the molecule is Cc1nn(C)c(C)c1OCC(=O)Nc1ccc(O)cc1F. The Morgan fingerprint density at radius 1 is 1.48 bits per heavy atom. The molecule has 1 aromatic carbocycles. The third kappa shape index (κ3) is 3.31. The highest BCUT2D eigenvalue weighted by atomic mass is 19.1. The van der Waals surface area contributed by atoms with Crippen molar-refractivity contribution in [2.24, 2.45) is 7.05 Å². The zero-order valence-corrected chi connectivity index (χ0v) is 12.0. The van der Waals surface area contributed by atoms with Gasteiger partial charge in [-0.25, -0.2) is 4.39 Å². The predicted molar refractivity (Wildman–Crippen MR) is 74.9 cm³/mol. The van der Waals surface area contributed by atoms with Crippen molar-refractivity contribution in [2.45, 2.75) is 13.8 Å². The number of anilines is 1. The first-order chi connectivity index (χ1) is 9.88. The molecule has 0 aliphatic rings. The fraction of sp³-hybridized carbons (Fsp3) is 0.286. The topological polar surface area (TPSA) is 76.4 Å². The minimum absolute atomic E-state index is 0.0129. The van der Waals surface area contributed by atoms with E-state index in [4.69, 9.17) is 9.84 Å². The normalized spacial score (nSPS) is 10.5. The maximum atomic E-state index is 13.5. The third-order valence-electron chi connectivity index (χ3n) is 3.02. The van der Waals surface area contributed by atoms with Gasteiger partial charge in [-0.05, 0) is 26.0 Å². The fourth-order valence-corrected chi connectivity index (χ4v) is 1.89. The van der Waals surface area contributed by atoms with Crippen molar-refractivity contribution in [1.29, 1.82) is 0 Å². The molecule has 21 heavy (non-hydrogen) atoms. The van der Waals surface area contributed by atoms with Crippen molar-refractivity contribution in [2.75, 3.05) is 11.9 Å². The molecule has 0 spiro atoms. The summed E-state index contributed by atoms with van der Waals surface area (Å²) in [5, 5.41) is 15.6. The number of hydrogen-bond acceptors (Lipinski definition) is 4. The van der Waals surface area contributed by atoms with E-state index in [-0.39, 0.29) is 18.0 Å². The predicted octanol–water partition coefficient (Wildman–Crippen LogP) is 1.90. The molecule has 1 heterocycles. The van der Waals surface area contributed by atoms with Crippen LogP contribution in [0.1, 0.15) is 11.4 Å². The standard InChI is InChI=1S/C14H16FN3O3/c1-8-14(9(2)18(3)17-8)21-7-13(20)16-12-5-4-10(19)6-11(12)15/h4-6,19H,7H2,1-3H3,(H,16,20). The Morgan fingerprint density at radius 3 is 2.76 bits per heavy atom. The van der Waals surface area contributed by atoms with Gasteiger partial charge in [0.25, 0.3) is 5.91 Å². The molecule has 0 saturated heterocycles. The van der Waals surface area contributed by atoms with Gasteiger partial charge in [-0.2, -0.15) is 5.10 Å². The summed E-state index contributed by atoms with van der Waals surface area (Å²) in [4.78, 5) is 11.8. The lowest BCUT2D eigenvalue weighted by atomic mass is 10.3. The van der Waals surface area contributed by atoms with E-state index in [1.165, 1.54) is 12.1 Å². The maximum Gasteiger partial charge on any atom is 0.262 e. The van der Waals surface area contributed by atoms with Crippen molar-refractivity contribution in [1.82, 2.24) is 9.78 Å². The Balaban J connectivity index is 1.99. The summed E-state index contributed by atoms with van der Waals surface area (Å²) in [5.74, 6) is -0.874. The Morgan fingerprint density at radius 2 is 2.19 bits per heavy atom. The quantitative estimate of drug-likeness (QED) is 0.844. The number of phenols is 1. The van der Waals surface area contributed by atoms with E-state index < -0.39 is 11.7 Å². The number of ether oxygens (including phenoxy) is 1. The number of benzene rings is 1. The number of nitrogens with zero attached hydrogens (tertiary/aromatic N) is 2. The number of carbonyl (C=O) groups excluding carboxylic acids is 1. The lowest BCUT2D eigenvalue weighted by Crippen LogP contribution is -2.21. The zero-order valence-electron chi connectivity index (χ0n) is 12.0. The molecule has 2 rings (SSSR count). The molecule has 0 bridgehead atoms. The Labute approximate surface area is 121 Å². The van der Waals surface area contributed by atoms with Crippen LogP contribution in [0.2, 0.25) is 0 Å². The number of amides is 1. The van der Waals surface area contributed by atoms with Gasteiger partial charge in [0.05, 0.1) is 11.4 Å². The van der Waals surface area contributed by atoms with Gasteiger partial charge in [0, 0.05) is 13.1 Å². The fourth-order valence-electron chi connectivity index (χ4n) is 1.89. The van der Waals surface area contributed by atoms with Gasteiger partial charge in [-0.1, -0.05) is 0 Å².